The van der Waals surface area contributed by atoms with Crippen molar-refractivity contribution in [3.63, 3.8) is 0 Å². The van der Waals surface area contributed by atoms with Gasteiger partial charge in [-0.1, -0.05) is 121 Å². The summed E-state index contributed by atoms with van der Waals surface area (Å²) in [5.74, 6) is -11.6. The molecule has 4 aromatic carbocycles. The van der Waals surface area contributed by atoms with Gasteiger partial charge in [0.25, 0.3) is 0 Å². The van der Waals surface area contributed by atoms with E-state index in [0.29, 0.717) is 46.0 Å². The van der Waals surface area contributed by atoms with Crippen molar-refractivity contribution in [2.24, 2.45) is 17.8 Å². The van der Waals surface area contributed by atoms with Gasteiger partial charge in [0, 0.05) is 83.9 Å². The van der Waals surface area contributed by atoms with Gasteiger partial charge in [0.1, 0.15) is 48.3 Å². The number of aliphatic carboxylic acids is 2. The molecule has 3 heterocycles. The summed E-state index contributed by atoms with van der Waals surface area (Å²) in [5, 5.41) is 44.2. The van der Waals surface area contributed by atoms with Crippen LogP contribution in [0.5, 0.6) is 0 Å². The van der Waals surface area contributed by atoms with Crippen LogP contribution in [0.1, 0.15) is 114 Å². The first-order valence-electron chi connectivity index (χ1n) is 31.6. The van der Waals surface area contributed by atoms with Gasteiger partial charge in [-0.15, -0.1) is 0 Å². The van der Waals surface area contributed by atoms with Crippen LogP contribution in [-0.4, -0.2) is 145 Å². The Morgan fingerprint density at radius 1 is 0.436 bits per heavy atom. The number of ether oxygens (including phenoxy) is 1. The van der Waals surface area contributed by atoms with Gasteiger partial charge < -0.3 is 72.4 Å². The molecule has 0 aliphatic heterocycles. The highest BCUT2D eigenvalue weighted by atomic mass is 16.5. The molecule has 7 aromatic rings. The first-order chi connectivity index (χ1) is 44.9. The van der Waals surface area contributed by atoms with Crippen molar-refractivity contribution in [2.75, 3.05) is 6.61 Å². The Labute approximate surface area is 543 Å². The van der Waals surface area contributed by atoms with Gasteiger partial charge in [-0.05, 0) is 83.7 Å². The third kappa shape index (κ3) is 19.1. The SMILES string of the molecule is CCOC(=O)c1ccc(C[C@H](NC(C)=O)C(=O)N[C@H](Cc2c[nH]c3ccccc23)C(=O)N[C@H](Cc2c[nH]c3ccccc23)C(=O)N[C@@H](CC(C)C)C(=O)N[C@@H](CC(=O)O)C(=O)N[C@H](C(=O)N[C@H](C(=O)N[C@@H](Cc2c[nH]c3ccccc23)C(=O)O)[C@@H](C)CC)[C@@H](C)CC)cc1. The number of carboxylic acid groups (broad SMARTS) is 2. The lowest BCUT2D eigenvalue weighted by Gasteiger charge is -2.31. The summed E-state index contributed by atoms with van der Waals surface area (Å²) in [6.45, 7) is 13.5. The molecule has 0 aliphatic rings. The van der Waals surface area contributed by atoms with Crippen LogP contribution in [-0.2, 0) is 78.4 Å². The maximum atomic E-state index is 15.1. The molecule has 0 saturated carbocycles. The van der Waals surface area contributed by atoms with Gasteiger partial charge >= 0.3 is 17.9 Å². The van der Waals surface area contributed by atoms with Crippen LogP contribution >= 0.6 is 0 Å². The normalized spacial score (nSPS) is 14.6. The molecule has 500 valence electrons. The second-order valence-electron chi connectivity index (χ2n) is 24.2. The molecule has 0 fully saturated rings. The molecule has 8 amide bonds. The molecule has 3 aromatic heterocycles. The molecule has 25 heteroatoms. The Balaban J connectivity index is 1.13. The zero-order valence-electron chi connectivity index (χ0n) is 54.0. The first-order valence-corrected chi connectivity index (χ1v) is 31.6. The summed E-state index contributed by atoms with van der Waals surface area (Å²) >= 11 is 0. The topological polar surface area (TPSA) is 381 Å². The van der Waals surface area contributed by atoms with Crippen LogP contribution in [0.4, 0.5) is 0 Å². The van der Waals surface area contributed by atoms with Gasteiger partial charge in [-0.3, -0.25) is 43.2 Å². The lowest BCUT2D eigenvalue weighted by molar-refractivity contribution is -0.142. The molecular weight excluding hydrogens is 1210 g/mol. The average Bonchev–Trinajstić information content (AvgIpc) is 1.55. The third-order valence-electron chi connectivity index (χ3n) is 16.7. The van der Waals surface area contributed by atoms with Gasteiger partial charge in [-0.2, -0.15) is 0 Å². The Morgan fingerprint density at radius 2 is 0.809 bits per heavy atom. The molecule has 0 saturated heterocycles. The fourth-order valence-electron chi connectivity index (χ4n) is 11.2. The second-order valence-corrected chi connectivity index (χ2v) is 24.2. The highest BCUT2D eigenvalue weighted by molar-refractivity contribution is 6.00. The van der Waals surface area contributed by atoms with E-state index < -0.39 is 132 Å². The summed E-state index contributed by atoms with van der Waals surface area (Å²) in [5.41, 5.74) is 4.89. The molecule has 25 nitrogen and oxygen atoms in total. The number of esters is 1. The Kier molecular flexibility index (Phi) is 25.2. The molecule has 10 atom stereocenters. The molecule has 0 radical (unpaired) electrons. The molecule has 0 spiro atoms. The average molecular weight is 1290 g/mol. The van der Waals surface area contributed by atoms with Gasteiger partial charge in [0.15, 0.2) is 0 Å². The number of amides is 8. The van der Waals surface area contributed by atoms with Crippen molar-refractivity contribution in [1.82, 2.24) is 57.5 Å². The summed E-state index contributed by atoms with van der Waals surface area (Å²) in [6.07, 6.45) is 4.19. The number of carbonyl (C=O) groups is 11. The number of H-pyrrole nitrogens is 3. The van der Waals surface area contributed by atoms with Crippen molar-refractivity contribution < 1.29 is 67.7 Å². The first kappa shape index (κ1) is 71.1. The third-order valence-corrected chi connectivity index (χ3v) is 16.7. The number of aromatic amines is 3. The minimum Gasteiger partial charge on any atom is -0.481 e. The molecule has 0 aliphatic carbocycles. The van der Waals surface area contributed by atoms with Crippen molar-refractivity contribution in [3.05, 3.63) is 143 Å². The number of nitrogens with one attached hydrogen (secondary N) is 11. The molecule has 13 N–H and O–H groups in total. The van der Waals surface area contributed by atoms with E-state index in [1.54, 1.807) is 97.4 Å². The van der Waals surface area contributed by atoms with E-state index in [9.17, 15) is 53.4 Å². The number of carboxylic acids is 2. The van der Waals surface area contributed by atoms with Crippen LogP contribution in [0.2, 0.25) is 0 Å². The fraction of sp³-hybridized carbons (Fsp3) is 0.406. The summed E-state index contributed by atoms with van der Waals surface area (Å²) in [6, 6.07) is 16.5. The number of carbonyl (C=O) groups excluding carboxylic acids is 9. The summed E-state index contributed by atoms with van der Waals surface area (Å²) in [7, 11) is 0. The quantitative estimate of drug-likeness (QED) is 0.0232. The van der Waals surface area contributed by atoms with E-state index in [1.807, 2.05) is 54.6 Å². The van der Waals surface area contributed by atoms with E-state index in [2.05, 4.69) is 57.5 Å². The maximum Gasteiger partial charge on any atom is 0.338 e. The van der Waals surface area contributed by atoms with Gasteiger partial charge in [0.2, 0.25) is 47.3 Å². The van der Waals surface area contributed by atoms with Crippen molar-refractivity contribution in [1.29, 1.82) is 0 Å². The zero-order valence-corrected chi connectivity index (χ0v) is 54.0. The Morgan fingerprint density at radius 3 is 1.22 bits per heavy atom. The van der Waals surface area contributed by atoms with Crippen LogP contribution < -0.4 is 42.5 Å². The second kappa shape index (κ2) is 33.3. The predicted molar refractivity (Wildman–Crippen MR) is 351 cm³/mol. The molecule has 0 bridgehead atoms. The zero-order chi connectivity index (χ0) is 68.3. The Hall–Kier alpha value is -10.3. The molecular formula is C69H85N11O14. The fourth-order valence-corrected chi connectivity index (χ4v) is 11.2. The van der Waals surface area contributed by atoms with Crippen LogP contribution in [0.25, 0.3) is 32.7 Å². The monoisotopic (exact) mass is 1290 g/mol. The lowest BCUT2D eigenvalue weighted by atomic mass is 9.94. The van der Waals surface area contributed by atoms with Crippen LogP contribution in [0.15, 0.2) is 116 Å². The largest absolute Gasteiger partial charge is 0.481 e. The standard InChI is InChI=1S/C69H85N11O14/c1-9-38(6)59(66(89)78-57(68(91)92)32-45-36-72-51-23-17-14-20-48(45)51)80-67(90)60(39(7)10-2)79-65(88)56(33-58(82)83)77-61(84)52(28-37(4)5)74-63(86)54(30-43-34-70-49-21-15-12-18-46(43)49)76-64(87)55(31-44-35-71-50-22-16-13-19-47(44)50)75-62(85)53(73-40(8)81)29-41-24-26-42(27-25-41)69(93)94-11-3/h12-27,34-39,52-57,59-60,70-72H,9-11,28-33H2,1-8H3,(H,73,81)(H,74,86)(H,75,85)(H,76,87)(H,77,84)(H,78,89)(H,79,88)(H,80,90)(H,82,83)(H,91,92)/t38-,39-,52-,53-,54+,55+,56-,57-,59-,60-/m0/s1. The maximum absolute atomic E-state index is 15.1. The number of hydrogen-bond acceptors (Lipinski definition) is 12. The highest BCUT2D eigenvalue weighted by Gasteiger charge is 2.38. The van der Waals surface area contributed by atoms with E-state index >= 15 is 9.59 Å². The number of para-hydroxylation sites is 3. The van der Waals surface area contributed by atoms with Gasteiger partial charge in [-0.25, -0.2) is 9.59 Å². The smallest absolute Gasteiger partial charge is 0.338 e. The van der Waals surface area contributed by atoms with E-state index in [4.69, 9.17) is 4.74 Å². The minimum absolute atomic E-state index is 0.0606. The van der Waals surface area contributed by atoms with E-state index in [1.165, 1.54) is 19.1 Å². The minimum atomic E-state index is -1.84. The summed E-state index contributed by atoms with van der Waals surface area (Å²) < 4.78 is 5.11. The Bertz CT molecular complexity index is 3850. The van der Waals surface area contributed by atoms with E-state index in [-0.39, 0.29) is 50.2 Å². The van der Waals surface area contributed by atoms with Crippen molar-refractivity contribution in [2.45, 2.75) is 155 Å². The molecule has 94 heavy (non-hydrogen) atoms. The van der Waals surface area contributed by atoms with E-state index in [0.717, 1.165) is 21.8 Å². The van der Waals surface area contributed by atoms with Crippen LogP contribution in [0.3, 0.4) is 0 Å². The predicted octanol–water partition coefficient (Wildman–Crippen LogP) is 5.17. The number of hydrogen-bond donors (Lipinski definition) is 13. The molecule has 0 unspecified atom stereocenters. The number of aromatic nitrogens is 3. The van der Waals surface area contributed by atoms with Crippen molar-refractivity contribution in [3.8, 4) is 0 Å². The number of fused-ring (bicyclic) bond motifs is 3. The molecule has 7 rings (SSSR count). The number of rotatable bonds is 34. The van der Waals surface area contributed by atoms with Gasteiger partial charge in [0.05, 0.1) is 18.6 Å². The highest BCUT2D eigenvalue weighted by Crippen LogP contribution is 2.24. The van der Waals surface area contributed by atoms with Crippen LogP contribution in [0, 0.1) is 17.8 Å². The van der Waals surface area contributed by atoms with Crippen molar-refractivity contribution >= 4 is 97.9 Å². The number of benzene rings is 4. The summed E-state index contributed by atoms with van der Waals surface area (Å²) in [4.78, 5) is 162. The lowest BCUT2D eigenvalue weighted by Crippen LogP contribution is -2.62.